The van der Waals surface area contributed by atoms with Gasteiger partial charge in [0.05, 0.1) is 0 Å². The van der Waals surface area contributed by atoms with Gasteiger partial charge in [0.2, 0.25) is 0 Å². The Morgan fingerprint density at radius 3 is 1.71 bits per heavy atom. The minimum atomic E-state index is 0.246. The van der Waals surface area contributed by atoms with Crippen molar-refractivity contribution < 1.29 is 0 Å². The molecule has 17 aliphatic rings. The fourth-order valence-electron chi connectivity index (χ4n) is 38.5. The fraction of sp³-hybridized carbons (Fsp3) is 1.00. The van der Waals surface area contributed by atoms with Crippen LogP contribution in [0.15, 0.2) is 0 Å². The third kappa shape index (κ3) is 7.60. The van der Waals surface area contributed by atoms with Crippen LogP contribution in [0.2, 0.25) is 0 Å². The van der Waals surface area contributed by atoms with Crippen LogP contribution in [-0.2, 0) is 0 Å². The highest BCUT2D eigenvalue weighted by Gasteiger charge is 2.88. The minimum Gasteiger partial charge on any atom is -0.0651 e. The Hall–Kier alpha value is 0. The van der Waals surface area contributed by atoms with Gasteiger partial charge in [-0.15, -0.1) is 0 Å². The van der Waals surface area contributed by atoms with E-state index in [0.717, 1.165) is 260 Å². The Labute approximate surface area is 558 Å². The molecule has 0 amide bonds. The van der Waals surface area contributed by atoms with E-state index in [-0.39, 0.29) is 10.8 Å². The Kier molecular flexibility index (Phi) is 15.3. The summed E-state index contributed by atoms with van der Waals surface area (Å²) in [6.07, 6.45) is 34.4. The van der Waals surface area contributed by atoms with Gasteiger partial charge in [0.15, 0.2) is 0 Å². The zero-order valence-corrected chi connectivity index (χ0v) is 63.0. The minimum absolute atomic E-state index is 0.246. The topological polar surface area (TPSA) is 0 Å². The van der Waals surface area contributed by atoms with Gasteiger partial charge < -0.3 is 0 Å². The van der Waals surface area contributed by atoms with Gasteiger partial charge >= 0.3 is 0 Å². The van der Waals surface area contributed by atoms with E-state index in [9.17, 15) is 0 Å². The van der Waals surface area contributed by atoms with Crippen molar-refractivity contribution in [3.63, 3.8) is 0 Å². The van der Waals surface area contributed by atoms with Crippen molar-refractivity contribution in [3.05, 3.63) is 0 Å². The molecule has 0 aromatic carbocycles. The molecule has 0 aromatic heterocycles. The van der Waals surface area contributed by atoms with Crippen LogP contribution in [-0.4, -0.2) is 0 Å². The Balaban J connectivity index is 0.745. The molecule has 17 fully saturated rings. The predicted octanol–water partition coefficient (Wildman–Crippen LogP) is 24.3. The molecule has 0 N–H and O–H groups in total. The average molecular weight is 1230 g/mol. The van der Waals surface area contributed by atoms with Crippen molar-refractivity contribution in [2.75, 3.05) is 0 Å². The SMILES string of the molecule is CCC(C)C(C)C(C1C(C2CCCC2)CC23C(C)CC4C5CC6CC(CC)C67CC6C(C4C2C6C13)C57)C1C(CC)C2C(C)C(C)C(C(C)C3C(C)C2C(CC)CC3C2CC3C(CCC4CCC4C4CCC5C(C)C(C)C54)C(C)C32)C(C)C(C)(C)C(C)(CC)C1C. The molecule has 508 valence electrons. The number of fused-ring (bicyclic) bond motifs is 11. The summed E-state index contributed by atoms with van der Waals surface area (Å²) < 4.78 is 0. The maximum Gasteiger partial charge on any atom is -0.0201 e. The normalized spacial score (nSPS) is 63.5. The van der Waals surface area contributed by atoms with E-state index in [1.54, 1.807) is 96.3 Å². The molecule has 0 nitrogen and oxygen atoms in total. The van der Waals surface area contributed by atoms with Crippen molar-refractivity contribution in [2.24, 2.45) is 282 Å². The van der Waals surface area contributed by atoms with Gasteiger partial charge in [0, 0.05) is 0 Å². The molecular weight excluding hydrogens is 1080 g/mol. The molecule has 0 radical (unpaired) electrons. The van der Waals surface area contributed by atoms with Gasteiger partial charge in [0.25, 0.3) is 0 Å². The molecule has 0 aliphatic heterocycles. The lowest BCUT2D eigenvalue weighted by Gasteiger charge is -2.70. The van der Waals surface area contributed by atoms with E-state index in [0.29, 0.717) is 11.3 Å². The van der Waals surface area contributed by atoms with Gasteiger partial charge in [-0.1, -0.05) is 190 Å². The van der Waals surface area contributed by atoms with Crippen LogP contribution in [0.3, 0.4) is 0 Å². The molecule has 17 aliphatic carbocycles. The van der Waals surface area contributed by atoms with E-state index >= 15 is 0 Å². The first-order chi connectivity index (χ1) is 43.0. The first-order valence-corrected chi connectivity index (χ1v) is 43.0. The van der Waals surface area contributed by atoms with E-state index < -0.39 is 0 Å². The van der Waals surface area contributed by atoms with Crippen LogP contribution in [0, 0.1) is 282 Å². The van der Waals surface area contributed by atoms with E-state index in [1.807, 2.05) is 0 Å². The molecule has 2 spiro atoms. The van der Waals surface area contributed by atoms with Crippen LogP contribution >= 0.6 is 0 Å². The predicted molar refractivity (Wildman–Crippen MR) is 378 cm³/mol. The van der Waals surface area contributed by atoms with Crippen LogP contribution in [0.1, 0.15) is 280 Å². The summed E-state index contributed by atoms with van der Waals surface area (Å²) in [7, 11) is 0. The molecule has 17 rings (SSSR count). The smallest absolute Gasteiger partial charge is 0.0201 e. The Morgan fingerprint density at radius 1 is 0.400 bits per heavy atom. The molecule has 17 saturated carbocycles. The second kappa shape index (κ2) is 21.8. The third-order valence-electron chi connectivity index (χ3n) is 43.0. The van der Waals surface area contributed by atoms with Crippen LogP contribution < -0.4 is 0 Å². The third-order valence-corrected chi connectivity index (χ3v) is 43.0. The zero-order valence-electron chi connectivity index (χ0n) is 63.0. The summed E-state index contributed by atoms with van der Waals surface area (Å²) in [4.78, 5) is 0. The number of rotatable bonds is 15. The van der Waals surface area contributed by atoms with Crippen molar-refractivity contribution in [1.82, 2.24) is 0 Å². The summed E-state index contributed by atoms with van der Waals surface area (Å²) in [6.45, 7) is 57.5. The molecule has 90 heavy (non-hydrogen) atoms. The fourth-order valence-corrected chi connectivity index (χ4v) is 38.5. The van der Waals surface area contributed by atoms with Gasteiger partial charge in [-0.05, 0) is 372 Å². The molecule has 46 unspecified atom stereocenters. The second-order valence-electron chi connectivity index (χ2n) is 42.4. The first kappa shape index (κ1) is 63.4. The van der Waals surface area contributed by atoms with E-state index in [4.69, 9.17) is 0 Å². The Bertz CT molecular complexity index is 2650. The molecule has 0 aromatic rings. The van der Waals surface area contributed by atoms with Gasteiger partial charge in [-0.25, -0.2) is 0 Å². The highest BCUT2D eigenvalue weighted by Crippen LogP contribution is 2.93. The summed E-state index contributed by atoms with van der Waals surface area (Å²) >= 11 is 0. The molecule has 0 heteroatoms. The molecule has 46 atom stereocenters. The summed E-state index contributed by atoms with van der Waals surface area (Å²) in [5.74, 6) is 42.7. The lowest BCUT2D eigenvalue weighted by Crippen LogP contribution is -2.65. The quantitative estimate of drug-likeness (QED) is 0.153. The largest absolute Gasteiger partial charge is 0.0651 e. The van der Waals surface area contributed by atoms with Gasteiger partial charge in [-0.2, -0.15) is 0 Å². The average Bonchev–Trinajstić information content (AvgIpc) is 1.43. The van der Waals surface area contributed by atoms with Crippen molar-refractivity contribution in [3.8, 4) is 0 Å². The first-order valence-electron chi connectivity index (χ1n) is 43.0. The summed E-state index contributed by atoms with van der Waals surface area (Å²) in [6, 6.07) is 0. The van der Waals surface area contributed by atoms with Crippen LogP contribution in [0.25, 0.3) is 0 Å². The number of hydrogen-bond acceptors (Lipinski definition) is 0. The molecule has 0 saturated heterocycles. The maximum atomic E-state index is 3.06. The van der Waals surface area contributed by atoms with Crippen LogP contribution in [0.5, 0.6) is 0 Å². The van der Waals surface area contributed by atoms with Gasteiger partial charge in [-0.3, -0.25) is 0 Å². The molecule has 0 heterocycles. The Morgan fingerprint density at radius 2 is 1.04 bits per heavy atom. The molecule has 4 bridgehead atoms. The lowest BCUT2D eigenvalue weighted by molar-refractivity contribution is -0.227. The summed E-state index contributed by atoms with van der Waals surface area (Å²) in [5.41, 5.74) is 1.95. The monoisotopic (exact) mass is 1230 g/mol. The zero-order chi connectivity index (χ0) is 63.0. The van der Waals surface area contributed by atoms with Crippen molar-refractivity contribution >= 4 is 0 Å². The summed E-state index contributed by atoms with van der Waals surface area (Å²) in [5, 5.41) is 0. The highest BCUT2D eigenvalue weighted by molar-refractivity contribution is 5.36. The maximum absolute atomic E-state index is 3.06. The molecular formula is C90H148. The number of hydrogen-bond donors (Lipinski definition) is 0. The van der Waals surface area contributed by atoms with Crippen molar-refractivity contribution in [1.29, 1.82) is 0 Å². The lowest BCUT2D eigenvalue weighted by atomic mass is 9.34. The van der Waals surface area contributed by atoms with Gasteiger partial charge in [0.1, 0.15) is 0 Å². The van der Waals surface area contributed by atoms with E-state index in [1.165, 1.54) is 44.9 Å². The highest BCUT2D eigenvalue weighted by atomic mass is 14.9. The standard InChI is InChI=1S/C90H148/c1-21-43(6)45(8)78(81-70(56-28-26-27-29-56)41-89-44(7)36-65-69-39-59-38-58(23-3)90(59)42-71-82(84(69)90)80(65)85(89)83(71)86(81)89)79-54(17)88(20,25-5)87(18,19)53(16)72-48(11)49(12)77(60(79)24-4)74-52(15)73(51(72)14)66(37-55(74)22-2)68-40-67-61(50(13)76(67)68)32-30-57-31-33-63(57)64-35-34-62-46(9)47(10)75(62)64/h43-86H,21-42H2,1-20H3. The second-order valence-corrected chi connectivity index (χ2v) is 42.4. The van der Waals surface area contributed by atoms with E-state index in [2.05, 4.69) is 138 Å². The van der Waals surface area contributed by atoms with Crippen LogP contribution in [0.4, 0.5) is 0 Å². The van der Waals surface area contributed by atoms with Crippen molar-refractivity contribution in [2.45, 2.75) is 280 Å².